The molecule has 4 N–H and O–H groups in total. The topological polar surface area (TPSA) is 124 Å². The molecule has 39 heavy (non-hydrogen) atoms. The Bertz CT molecular complexity index is 1420. The first kappa shape index (κ1) is 24.1. The molecule has 2 amide bonds. The van der Waals surface area contributed by atoms with Crippen LogP contribution in [-0.4, -0.2) is 56.9 Å². The number of aliphatic hydroxyl groups is 1. The monoisotopic (exact) mass is 527 g/mol. The van der Waals surface area contributed by atoms with Gasteiger partial charge in [0.25, 0.3) is 5.91 Å². The van der Waals surface area contributed by atoms with Crippen molar-refractivity contribution in [3.05, 3.63) is 53.5 Å². The Balaban J connectivity index is 1.11. The van der Waals surface area contributed by atoms with Crippen molar-refractivity contribution in [3.8, 4) is 11.1 Å². The Morgan fingerprint density at radius 2 is 1.87 bits per heavy atom. The molecule has 0 bridgehead atoms. The highest BCUT2D eigenvalue weighted by Gasteiger charge is 2.33. The lowest BCUT2D eigenvalue weighted by Gasteiger charge is -2.31. The molecule has 2 aromatic heterocycles. The number of hydrogen-bond acceptors (Lipinski definition) is 7. The maximum absolute atomic E-state index is 12.9. The molecule has 4 aliphatic rings. The molecule has 1 aliphatic carbocycles. The SMILES string of the molecule is O=C1NCc2c(-c3cnn4c3CCC(C(=O)NC3CC3)C4)ccc(Nc3ccc(N4CCC(O)CC4)cn3)c21. The van der Waals surface area contributed by atoms with Crippen molar-refractivity contribution in [2.24, 2.45) is 5.92 Å². The van der Waals surface area contributed by atoms with Crippen molar-refractivity contribution in [1.82, 2.24) is 25.4 Å². The normalized spacial score (nSPS) is 20.8. The first-order chi connectivity index (χ1) is 19.0. The van der Waals surface area contributed by atoms with Crippen LogP contribution in [0.3, 0.4) is 0 Å². The van der Waals surface area contributed by atoms with Gasteiger partial charge >= 0.3 is 0 Å². The fourth-order valence-electron chi connectivity index (χ4n) is 6.04. The first-order valence-electron chi connectivity index (χ1n) is 14.0. The summed E-state index contributed by atoms with van der Waals surface area (Å²) in [6, 6.07) is 8.32. The summed E-state index contributed by atoms with van der Waals surface area (Å²) in [6.07, 6.45) is 8.79. The molecule has 5 heterocycles. The van der Waals surface area contributed by atoms with Crippen molar-refractivity contribution in [3.63, 3.8) is 0 Å². The number of anilines is 3. The van der Waals surface area contributed by atoms with Gasteiger partial charge in [-0.05, 0) is 67.9 Å². The second-order valence-corrected chi connectivity index (χ2v) is 11.1. The predicted octanol–water partition coefficient (Wildman–Crippen LogP) is 2.73. The van der Waals surface area contributed by atoms with Crippen LogP contribution in [0.4, 0.5) is 17.2 Å². The highest BCUT2D eigenvalue weighted by Crippen LogP contribution is 2.38. The Morgan fingerprint density at radius 3 is 2.64 bits per heavy atom. The van der Waals surface area contributed by atoms with Gasteiger partial charge in [0.15, 0.2) is 0 Å². The number of carbonyl (C=O) groups is 2. The van der Waals surface area contributed by atoms with Gasteiger partial charge in [0, 0.05) is 36.9 Å². The third-order valence-electron chi connectivity index (χ3n) is 8.46. The third kappa shape index (κ3) is 4.63. The number of benzene rings is 1. The third-order valence-corrected chi connectivity index (χ3v) is 8.46. The number of amides is 2. The number of aromatic nitrogens is 3. The molecule has 7 rings (SSSR count). The lowest BCUT2D eigenvalue weighted by atomic mass is 9.91. The van der Waals surface area contributed by atoms with Crippen LogP contribution in [0.25, 0.3) is 11.1 Å². The van der Waals surface area contributed by atoms with Crippen LogP contribution >= 0.6 is 0 Å². The van der Waals surface area contributed by atoms with Gasteiger partial charge in [-0.1, -0.05) is 6.07 Å². The van der Waals surface area contributed by atoms with Crippen molar-refractivity contribution in [1.29, 1.82) is 0 Å². The van der Waals surface area contributed by atoms with Crippen molar-refractivity contribution in [2.75, 3.05) is 23.3 Å². The highest BCUT2D eigenvalue weighted by atomic mass is 16.3. The lowest BCUT2D eigenvalue weighted by Crippen LogP contribution is -2.37. The average molecular weight is 528 g/mol. The molecule has 202 valence electrons. The molecule has 2 fully saturated rings. The minimum Gasteiger partial charge on any atom is -0.393 e. The van der Waals surface area contributed by atoms with E-state index in [1.807, 2.05) is 35.3 Å². The van der Waals surface area contributed by atoms with Crippen LogP contribution in [0.1, 0.15) is 53.7 Å². The maximum Gasteiger partial charge on any atom is 0.254 e. The Hall–Kier alpha value is -3.92. The Morgan fingerprint density at radius 1 is 1.03 bits per heavy atom. The molecule has 1 unspecified atom stereocenters. The summed E-state index contributed by atoms with van der Waals surface area (Å²) in [7, 11) is 0. The number of pyridine rings is 1. The number of piperidine rings is 1. The number of nitrogens with zero attached hydrogens (tertiary/aromatic N) is 4. The quantitative estimate of drug-likeness (QED) is 0.389. The van der Waals surface area contributed by atoms with E-state index in [2.05, 4.69) is 37.0 Å². The summed E-state index contributed by atoms with van der Waals surface area (Å²) >= 11 is 0. The minimum atomic E-state index is -0.213. The Kier molecular flexibility index (Phi) is 5.99. The summed E-state index contributed by atoms with van der Waals surface area (Å²) < 4.78 is 1.97. The number of rotatable bonds is 6. The van der Waals surface area contributed by atoms with Crippen molar-refractivity contribution < 1.29 is 14.7 Å². The van der Waals surface area contributed by atoms with Crippen LogP contribution in [0.15, 0.2) is 36.7 Å². The zero-order chi connectivity index (χ0) is 26.5. The standard InChI is InChI=1S/C29H33N7O3/c37-20-9-11-35(12-10-20)19-4-8-26(30-13-19)34-24-6-5-21(23-14-31-29(39)27(23)24)22-15-32-36-16-17(1-7-25(22)36)28(38)33-18-2-3-18/h4-6,8,13,15,17-18,20,37H,1-3,7,9-12,14,16H2,(H,30,34)(H,31,39)(H,33,38). The van der Waals surface area contributed by atoms with Crippen molar-refractivity contribution >= 4 is 29.0 Å². The molecule has 1 saturated carbocycles. The fraction of sp³-hybridized carbons (Fsp3) is 0.448. The minimum absolute atomic E-state index is 0.0493. The van der Waals surface area contributed by atoms with E-state index in [1.54, 1.807) is 0 Å². The number of nitrogens with one attached hydrogen (secondary N) is 3. The lowest BCUT2D eigenvalue weighted by molar-refractivity contribution is -0.126. The van der Waals surface area contributed by atoms with Crippen LogP contribution in [-0.2, 0) is 24.3 Å². The molecule has 10 heteroatoms. The largest absolute Gasteiger partial charge is 0.393 e. The van der Waals surface area contributed by atoms with E-state index in [0.29, 0.717) is 30.5 Å². The van der Waals surface area contributed by atoms with Crippen LogP contribution < -0.4 is 20.9 Å². The van der Waals surface area contributed by atoms with E-state index < -0.39 is 0 Å². The molecule has 10 nitrogen and oxygen atoms in total. The van der Waals surface area contributed by atoms with E-state index in [9.17, 15) is 14.7 Å². The predicted molar refractivity (Wildman–Crippen MR) is 147 cm³/mol. The van der Waals surface area contributed by atoms with Gasteiger partial charge < -0.3 is 26.0 Å². The molecular formula is C29H33N7O3. The fourth-order valence-corrected chi connectivity index (χ4v) is 6.04. The summed E-state index contributed by atoms with van der Waals surface area (Å²) in [5.74, 6) is 0.661. The summed E-state index contributed by atoms with van der Waals surface area (Å²) in [6.45, 7) is 2.69. The highest BCUT2D eigenvalue weighted by molar-refractivity contribution is 6.06. The van der Waals surface area contributed by atoms with Gasteiger partial charge in [0.1, 0.15) is 5.82 Å². The van der Waals surface area contributed by atoms with Gasteiger partial charge in [-0.25, -0.2) is 4.98 Å². The average Bonchev–Trinajstić information content (AvgIpc) is 3.53. The number of fused-ring (bicyclic) bond motifs is 2. The van der Waals surface area contributed by atoms with E-state index in [-0.39, 0.29) is 23.8 Å². The number of aliphatic hydroxyl groups excluding tert-OH is 1. The van der Waals surface area contributed by atoms with Gasteiger partial charge in [-0.2, -0.15) is 5.10 Å². The molecule has 0 radical (unpaired) electrons. The van der Waals surface area contributed by atoms with E-state index >= 15 is 0 Å². The van der Waals surface area contributed by atoms with Gasteiger partial charge in [-0.15, -0.1) is 0 Å². The Labute approximate surface area is 226 Å². The van der Waals surface area contributed by atoms with E-state index in [1.165, 1.54) is 0 Å². The van der Waals surface area contributed by atoms with Crippen LogP contribution in [0, 0.1) is 5.92 Å². The zero-order valence-corrected chi connectivity index (χ0v) is 21.8. The molecule has 1 saturated heterocycles. The maximum atomic E-state index is 12.9. The second-order valence-electron chi connectivity index (χ2n) is 11.1. The van der Waals surface area contributed by atoms with Crippen molar-refractivity contribution in [2.45, 2.75) is 63.8 Å². The summed E-state index contributed by atoms with van der Waals surface area (Å²) in [5.41, 5.74) is 6.51. The number of carbonyl (C=O) groups excluding carboxylic acids is 2. The second kappa shape index (κ2) is 9.68. The summed E-state index contributed by atoms with van der Waals surface area (Å²) in [4.78, 5) is 32.4. The van der Waals surface area contributed by atoms with Gasteiger partial charge in [-0.3, -0.25) is 14.3 Å². The summed E-state index contributed by atoms with van der Waals surface area (Å²) in [5, 5.41) is 23.9. The van der Waals surface area contributed by atoms with E-state index in [0.717, 1.165) is 85.4 Å². The molecular weight excluding hydrogens is 494 g/mol. The van der Waals surface area contributed by atoms with E-state index in [4.69, 9.17) is 0 Å². The van der Waals surface area contributed by atoms with Gasteiger partial charge in [0.05, 0.1) is 47.9 Å². The smallest absolute Gasteiger partial charge is 0.254 e. The molecule has 1 atom stereocenters. The molecule has 1 aromatic carbocycles. The van der Waals surface area contributed by atoms with Gasteiger partial charge in [0.2, 0.25) is 5.91 Å². The molecule has 3 aromatic rings. The zero-order valence-electron chi connectivity index (χ0n) is 21.8. The van der Waals surface area contributed by atoms with Crippen LogP contribution in [0.5, 0.6) is 0 Å². The van der Waals surface area contributed by atoms with Crippen LogP contribution in [0.2, 0.25) is 0 Å². The molecule has 0 spiro atoms. The first-order valence-corrected chi connectivity index (χ1v) is 14.0. The number of hydrogen-bond donors (Lipinski definition) is 4. The molecule has 3 aliphatic heterocycles.